The van der Waals surface area contributed by atoms with Gasteiger partial charge in [-0.25, -0.2) is 9.97 Å². The molecule has 1 N–H and O–H groups in total. The smallest absolute Gasteiger partial charge is 0.225 e. The van der Waals surface area contributed by atoms with Crippen LogP contribution in [0.3, 0.4) is 0 Å². The van der Waals surface area contributed by atoms with E-state index in [1.54, 1.807) is 6.20 Å². The third-order valence-electron chi connectivity index (χ3n) is 5.31. The Hall–Kier alpha value is -2.54. The number of fused-ring (bicyclic) bond motifs is 1. The van der Waals surface area contributed by atoms with Crippen LogP contribution in [0.4, 0.5) is 5.95 Å². The lowest BCUT2D eigenvalue weighted by Crippen LogP contribution is -2.48. The van der Waals surface area contributed by atoms with E-state index in [0.717, 1.165) is 74.7 Å². The number of pyridine rings is 1. The molecule has 1 saturated heterocycles. The number of rotatable bonds is 6. The van der Waals surface area contributed by atoms with E-state index in [1.165, 1.54) is 0 Å². The monoisotopic (exact) mass is 381 g/mol. The van der Waals surface area contributed by atoms with Gasteiger partial charge in [-0.3, -0.25) is 9.78 Å². The van der Waals surface area contributed by atoms with Gasteiger partial charge < -0.3 is 15.0 Å². The first kappa shape index (κ1) is 18.8. The average Bonchev–Trinajstić information content (AvgIpc) is 2.74. The number of amides is 1. The topological polar surface area (TPSA) is 80.2 Å². The van der Waals surface area contributed by atoms with Crippen LogP contribution in [0.1, 0.15) is 42.6 Å². The minimum Gasteiger partial charge on any atom is -0.376 e. The largest absolute Gasteiger partial charge is 0.376 e. The van der Waals surface area contributed by atoms with E-state index >= 15 is 0 Å². The molecule has 2 aliphatic heterocycles. The zero-order valence-electron chi connectivity index (χ0n) is 16.1. The van der Waals surface area contributed by atoms with Gasteiger partial charge in [0.15, 0.2) is 0 Å². The predicted molar refractivity (Wildman–Crippen MR) is 106 cm³/mol. The molecule has 0 radical (unpaired) electrons. The van der Waals surface area contributed by atoms with Crippen LogP contribution in [-0.4, -0.2) is 46.6 Å². The molecule has 0 aromatic carbocycles. The highest BCUT2D eigenvalue weighted by atomic mass is 16.5. The average molecular weight is 381 g/mol. The molecule has 1 fully saturated rings. The van der Waals surface area contributed by atoms with Gasteiger partial charge in [0.05, 0.1) is 18.9 Å². The summed E-state index contributed by atoms with van der Waals surface area (Å²) >= 11 is 0. The van der Waals surface area contributed by atoms with E-state index in [9.17, 15) is 4.79 Å². The van der Waals surface area contributed by atoms with Crippen LogP contribution in [0.15, 0.2) is 30.6 Å². The highest BCUT2D eigenvalue weighted by Crippen LogP contribution is 2.20. The minimum atomic E-state index is 0.117. The molecule has 2 aromatic heterocycles. The molecule has 1 atom stereocenters. The summed E-state index contributed by atoms with van der Waals surface area (Å²) < 4.78 is 5.46. The van der Waals surface area contributed by atoms with Crippen molar-refractivity contribution in [2.24, 2.45) is 0 Å². The molecular formula is C21H27N5O2. The molecule has 2 aliphatic rings. The number of anilines is 1. The van der Waals surface area contributed by atoms with Crippen LogP contribution in [0.2, 0.25) is 0 Å². The Kier molecular flexibility index (Phi) is 6.11. The molecule has 148 valence electrons. The van der Waals surface area contributed by atoms with Crippen molar-refractivity contribution in [2.45, 2.75) is 51.2 Å². The van der Waals surface area contributed by atoms with Gasteiger partial charge >= 0.3 is 0 Å². The lowest BCUT2D eigenvalue weighted by atomic mass is 10.1. The maximum atomic E-state index is 12.3. The molecule has 0 saturated carbocycles. The SMILES string of the molecule is O=C(CCCc1ccccn1)NC1CCCN(c2ncc3c(n2)CCOC3)C1. The number of nitrogens with zero attached hydrogens (tertiary/aromatic N) is 4. The zero-order valence-corrected chi connectivity index (χ0v) is 16.1. The van der Waals surface area contributed by atoms with Gasteiger partial charge in [-0.2, -0.15) is 0 Å². The Bertz CT molecular complexity index is 799. The summed E-state index contributed by atoms with van der Waals surface area (Å²) in [5, 5.41) is 3.19. The standard InChI is InChI=1S/C21H27N5O2/c27-20(8-3-6-17-5-1-2-10-22-17)24-18-7-4-11-26(14-18)21-23-13-16-15-28-12-9-19(16)25-21/h1-2,5,10,13,18H,3-4,6-9,11-12,14-15H2,(H,24,27). The molecule has 2 aromatic rings. The number of ether oxygens (including phenoxy) is 1. The number of aromatic nitrogens is 3. The lowest BCUT2D eigenvalue weighted by Gasteiger charge is -2.33. The first-order valence-electron chi connectivity index (χ1n) is 10.1. The van der Waals surface area contributed by atoms with Crippen molar-refractivity contribution in [3.63, 3.8) is 0 Å². The quantitative estimate of drug-likeness (QED) is 0.825. The Morgan fingerprint density at radius 3 is 3.18 bits per heavy atom. The van der Waals surface area contributed by atoms with Crippen LogP contribution in [-0.2, 0) is 29.0 Å². The van der Waals surface area contributed by atoms with Gasteiger partial charge in [-0.15, -0.1) is 0 Å². The summed E-state index contributed by atoms with van der Waals surface area (Å²) in [5.74, 6) is 0.890. The van der Waals surface area contributed by atoms with Crippen molar-refractivity contribution in [1.29, 1.82) is 0 Å². The van der Waals surface area contributed by atoms with Crippen molar-refractivity contribution < 1.29 is 9.53 Å². The fourth-order valence-electron chi connectivity index (χ4n) is 3.82. The second-order valence-corrected chi connectivity index (χ2v) is 7.47. The van der Waals surface area contributed by atoms with E-state index in [2.05, 4.69) is 20.2 Å². The van der Waals surface area contributed by atoms with Gasteiger partial charge in [0, 0.05) is 55.6 Å². The summed E-state index contributed by atoms with van der Waals surface area (Å²) in [6, 6.07) is 6.04. The Morgan fingerprint density at radius 2 is 2.29 bits per heavy atom. The molecule has 7 heteroatoms. The number of hydrogen-bond donors (Lipinski definition) is 1. The highest BCUT2D eigenvalue weighted by Gasteiger charge is 2.24. The lowest BCUT2D eigenvalue weighted by molar-refractivity contribution is -0.121. The Balaban J connectivity index is 1.27. The van der Waals surface area contributed by atoms with Crippen molar-refractivity contribution in [3.8, 4) is 0 Å². The van der Waals surface area contributed by atoms with Crippen molar-refractivity contribution in [2.75, 3.05) is 24.6 Å². The normalized spacial score (nSPS) is 19.1. The van der Waals surface area contributed by atoms with Gasteiger partial charge in [-0.05, 0) is 37.8 Å². The summed E-state index contributed by atoms with van der Waals surface area (Å²) in [5.41, 5.74) is 3.22. The van der Waals surface area contributed by atoms with E-state index in [0.29, 0.717) is 13.0 Å². The van der Waals surface area contributed by atoms with Crippen molar-refractivity contribution >= 4 is 11.9 Å². The molecule has 7 nitrogen and oxygen atoms in total. The van der Waals surface area contributed by atoms with E-state index in [1.807, 2.05) is 24.4 Å². The van der Waals surface area contributed by atoms with Crippen LogP contribution in [0, 0.1) is 0 Å². The second kappa shape index (κ2) is 9.10. The van der Waals surface area contributed by atoms with E-state index in [4.69, 9.17) is 9.72 Å². The third kappa shape index (κ3) is 4.84. The molecule has 4 rings (SSSR count). The molecule has 28 heavy (non-hydrogen) atoms. The fraction of sp³-hybridized carbons (Fsp3) is 0.524. The second-order valence-electron chi connectivity index (χ2n) is 7.47. The maximum Gasteiger partial charge on any atom is 0.225 e. The summed E-state index contributed by atoms with van der Waals surface area (Å²) in [6.45, 7) is 3.02. The summed E-state index contributed by atoms with van der Waals surface area (Å²) in [6.07, 6.45) is 8.73. The molecule has 0 bridgehead atoms. The number of piperidine rings is 1. The zero-order chi connectivity index (χ0) is 19.2. The first-order chi connectivity index (χ1) is 13.8. The van der Waals surface area contributed by atoms with Crippen LogP contribution < -0.4 is 10.2 Å². The molecule has 1 unspecified atom stereocenters. The Morgan fingerprint density at radius 1 is 1.32 bits per heavy atom. The fourth-order valence-corrected chi connectivity index (χ4v) is 3.82. The van der Waals surface area contributed by atoms with Crippen LogP contribution >= 0.6 is 0 Å². The van der Waals surface area contributed by atoms with E-state index < -0.39 is 0 Å². The van der Waals surface area contributed by atoms with Gasteiger partial charge in [0.25, 0.3) is 0 Å². The minimum absolute atomic E-state index is 0.117. The summed E-state index contributed by atoms with van der Waals surface area (Å²) in [7, 11) is 0. The predicted octanol–water partition coefficient (Wildman–Crippen LogP) is 2.05. The number of hydrogen-bond acceptors (Lipinski definition) is 6. The highest BCUT2D eigenvalue weighted by molar-refractivity contribution is 5.76. The molecule has 4 heterocycles. The molecule has 1 amide bonds. The van der Waals surface area contributed by atoms with Crippen molar-refractivity contribution in [3.05, 3.63) is 47.5 Å². The number of nitrogens with one attached hydrogen (secondary N) is 1. The maximum absolute atomic E-state index is 12.3. The third-order valence-corrected chi connectivity index (χ3v) is 5.31. The first-order valence-corrected chi connectivity index (χ1v) is 10.1. The molecule has 0 spiro atoms. The Labute approximate surface area is 165 Å². The molecule has 0 aliphatic carbocycles. The van der Waals surface area contributed by atoms with Gasteiger partial charge in [-0.1, -0.05) is 6.07 Å². The van der Waals surface area contributed by atoms with Gasteiger partial charge in [0.2, 0.25) is 11.9 Å². The molecular weight excluding hydrogens is 354 g/mol. The van der Waals surface area contributed by atoms with E-state index in [-0.39, 0.29) is 11.9 Å². The van der Waals surface area contributed by atoms with Crippen LogP contribution in [0.25, 0.3) is 0 Å². The summed E-state index contributed by atoms with van der Waals surface area (Å²) in [4.78, 5) is 28.1. The number of carbonyl (C=O) groups excluding carboxylic acids is 1. The number of carbonyl (C=O) groups is 1. The van der Waals surface area contributed by atoms with Gasteiger partial charge in [0.1, 0.15) is 0 Å². The number of aryl methyl sites for hydroxylation is 1. The van der Waals surface area contributed by atoms with Crippen molar-refractivity contribution in [1.82, 2.24) is 20.3 Å². The van der Waals surface area contributed by atoms with Crippen LogP contribution in [0.5, 0.6) is 0 Å².